The summed E-state index contributed by atoms with van der Waals surface area (Å²) in [6.45, 7) is 4.17. The minimum absolute atomic E-state index is 0.484. The highest BCUT2D eigenvalue weighted by Crippen LogP contribution is 2.25. The van der Waals surface area contributed by atoms with Crippen LogP contribution in [-0.2, 0) is 0 Å². The van der Waals surface area contributed by atoms with Gasteiger partial charge < -0.3 is 0 Å². The maximum absolute atomic E-state index is 4.42. The van der Waals surface area contributed by atoms with Crippen LogP contribution in [0.25, 0.3) is 28.3 Å². The van der Waals surface area contributed by atoms with E-state index in [9.17, 15) is 0 Å². The smallest absolute Gasteiger partial charge is 0.223 e. The third kappa shape index (κ3) is 3.01. The van der Waals surface area contributed by atoms with E-state index in [-0.39, 0.29) is 0 Å². The molecule has 0 saturated carbocycles. The maximum atomic E-state index is 4.42. The van der Waals surface area contributed by atoms with Crippen molar-refractivity contribution in [3.05, 3.63) is 72.2 Å². The average Bonchev–Trinajstić information content (AvgIpc) is 3.15. The molecule has 0 aliphatic carbocycles. The first-order valence-electron chi connectivity index (χ1n) is 7.95. The van der Waals surface area contributed by atoms with Crippen molar-refractivity contribution in [1.82, 2.24) is 30.2 Å². The number of benzene rings is 1. The molecule has 25 heavy (non-hydrogen) atoms. The number of rotatable bonds is 3. The lowest BCUT2D eigenvalue weighted by Crippen LogP contribution is -2.00. The van der Waals surface area contributed by atoms with E-state index in [0.717, 1.165) is 16.8 Å². The molecule has 6 nitrogen and oxygen atoms in total. The fraction of sp³-hybridized carbons (Fsp3) is 0.105. The van der Waals surface area contributed by atoms with E-state index in [1.165, 1.54) is 15.9 Å². The Morgan fingerprint density at radius 2 is 1.88 bits per heavy atom. The van der Waals surface area contributed by atoms with Gasteiger partial charge in [0.15, 0.2) is 0 Å². The van der Waals surface area contributed by atoms with Crippen LogP contribution in [0.4, 0.5) is 0 Å². The summed E-state index contributed by atoms with van der Waals surface area (Å²) >= 11 is 0. The van der Waals surface area contributed by atoms with Crippen LogP contribution >= 0.6 is 0 Å². The van der Waals surface area contributed by atoms with Gasteiger partial charge >= 0.3 is 0 Å². The van der Waals surface area contributed by atoms with E-state index in [4.69, 9.17) is 0 Å². The van der Waals surface area contributed by atoms with Crippen molar-refractivity contribution >= 4 is 0 Å². The second-order valence-corrected chi connectivity index (χ2v) is 5.87. The summed E-state index contributed by atoms with van der Waals surface area (Å²) in [5.74, 6) is 0.484. The normalized spacial score (nSPS) is 10.8. The molecule has 0 unspecified atom stereocenters. The highest BCUT2D eigenvalue weighted by atomic mass is 15.6. The van der Waals surface area contributed by atoms with E-state index >= 15 is 0 Å². The van der Waals surface area contributed by atoms with Crippen molar-refractivity contribution in [2.75, 3.05) is 0 Å². The molecule has 1 aromatic carbocycles. The molecule has 4 aromatic rings. The van der Waals surface area contributed by atoms with Crippen LogP contribution in [0.2, 0.25) is 0 Å². The Hall–Kier alpha value is -3.41. The second kappa shape index (κ2) is 6.24. The molecule has 0 bridgehead atoms. The number of aromatic nitrogens is 6. The highest BCUT2D eigenvalue weighted by Gasteiger charge is 2.10. The van der Waals surface area contributed by atoms with Crippen LogP contribution < -0.4 is 0 Å². The average molecular weight is 328 g/mol. The molecule has 4 rings (SSSR count). The van der Waals surface area contributed by atoms with Gasteiger partial charge in [-0.25, -0.2) is 0 Å². The Morgan fingerprint density at radius 3 is 2.72 bits per heavy atom. The second-order valence-electron chi connectivity index (χ2n) is 5.87. The SMILES string of the molecule is Cc1ccc(C)c(-c2cncc(-n3nnc(-c4ccccn4)n3)c2)c1. The van der Waals surface area contributed by atoms with E-state index in [0.29, 0.717) is 11.5 Å². The molecule has 122 valence electrons. The summed E-state index contributed by atoms with van der Waals surface area (Å²) in [6, 6.07) is 14.0. The lowest BCUT2D eigenvalue weighted by atomic mass is 10.00. The highest BCUT2D eigenvalue weighted by molar-refractivity contribution is 5.68. The third-order valence-corrected chi connectivity index (χ3v) is 3.97. The van der Waals surface area contributed by atoms with Crippen molar-refractivity contribution < 1.29 is 0 Å². The number of hydrogen-bond acceptors (Lipinski definition) is 5. The molecule has 0 fully saturated rings. The number of hydrogen-bond donors (Lipinski definition) is 0. The van der Waals surface area contributed by atoms with Crippen LogP contribution in [0.5, 0.6) is 0 Å². The quantitative estimate of drug-likeness (QED) is 0.576. The molecule has 0 aliphatic heterocycles. The van der Waals surface area contributed by atoms with Gasteiger partial charge in [-0.1, -0.05) is 29.8 Å². The summed E-state index contributed by atoms with van der Waals surface area (Å²) in [5.41, 5.74) is 6.03. The van der Waals surface area contributed by atoms with Crippen LogP contribution in [0, 0.1) is 13.8 Å². The van der Waals surface area contributed by atoms with Gasteiger partial charge in [-0.3, -0.25) is 9.97 Å². The van der Waals surface area contributed by atoms with E-state index in [1.54, 1.807) is 12.4 Å². The third-order valence-electron chi connectivity index (χ3n) is 3.97. The molecule has 3 aromatic heterocycles. The summed E-state index contributed by atoms with van der Waals surface area (Å²) in [5, 5.41) is 12.6. The van der Waals surface area contributed by atoms with E-state index in [1.807, 2.05) is 30.5 Å². The summed E-state index contributed by atoms with van der Waals surface area (Å²) < 4.78 is 0. The molecule has 0 aliphatic rings. The van der Waals surface area contributed by atoms with Gasteiger partial charge in [0, 0.05) is 18.0 Å². The van der Waals surface area contributed by atoms with Crippen LogP contribution in [-0.4, -0.2) is 30.2 Å². The molecule has 3 heterocycles. The lowest BCUT2D eigenvalue weighted by molar-refractivity contribution is 0.717. The number of tetrazole rings is 1. The maximum Gasteiger partial charge on any atom is 0.223 e. The summed E-state index contributed by atoms with van der Waals surface area (Å²) in [6.07, 6.45) is 5.28. The molecule has 0 saturated heterocycles. The Morgan fingerprint density at radius 1 is 0.960 bits per heavy atom. The monoisotopic (exact) mass is 328 g/mol. The standard InChI is InChI=1S/C19H16N6/c1-13-6-7-14(2)17(9-13)15-10-16(12-20-11-15)25-23-19(22-24-25)18-5-3-4-8-21-18/h3-12H,1-2H3. The van der Waals surface area contributed by atoms with Crippen LogP contribution in [0.15, 0.2) is 61.1 Å². The predicted octanol–water partition coefficient (Wildman–Crippen LogP) is 3.40. The van der Waals surface area contributed by atoms with Crippen molar-refractivity contribution in [2.45, 2.75) is 13.8 Å². The summed E-state index contributed by atoms with van der Waals surface area (Å²) in [4.78, 5) is 10.1. The summed E-state index contributed by atoms with van der Waals surface area (Å²) in [7, 11) is 0. The predicted molar refractivity (Wildman–Crippen MR) is 95.1 cm³/mol. The number of pyridine rings is 2. The molecule has 0 amide bonds. The Balaban J connectivity index is 1.73. The van der Waals surface area contributed by atoms with Gasteiger partial charge in [-0.05, 0) is 48.4 Å². The van der Waals surface area contributed by atoms with Gasteiger partial charge in [0.25, 0.3) is 0 Å². The van der Waals surface area contributed by atoms with Crippen LogP contribution in [0.3, 0.4) is 0 Å². The molecule has 0 N–H and O–H groups in total. The fourth-order valence-electron chi connectivity index (χ4n) is 2.65. The van der Waals surface area contributed by atoms with Crippen molar-refractivity contribution in [3.8, 4) is 28.3 Å². The molecule has 0 radical (unpaired) electrons. The fourth-order valence-corrected chi connectivity index (χ4v) is 2.65. The first-order valence-corrected chi connectivity index (χ1v) is 7.95. The van der Waals surface area contributed by atoms with Gasteiger partial charge in [0.2, 0.25) is 5.82 Å². The first-order chi connectivity index (χ1) is 12.2. The zero-order valence-corrected chi connectivity index (χ0v) is 14.0. The molecular weight excluding hydrogens is 312 g/mol. The first kappa shape index (κ1) is 15.1. The Bertz CT molecular complexity index is 1020. The zero-order chi connectivity index (χ0) is 17.2. The van der Waals surface area contributed by atoms with Crippen LogP contribution in [0.1, 0.15) is 11.1 Å². The van der Waals surface area contributed by atoms with Gasteiger partial charge in [-0.2, -0.15) is 0 Å². The van der Waals surface area contributed by atoms with Crippen molar-refractivity contribution in [1.29, 1.82) is 0 Å². The minimum Gasteiger partial charge on any atom is -0.262 e. The zero-order valence-electron chi connectivity index (χ0n) is 14.0. The topological polar surface area (TPSA) is 69.4 Å². The van der Waals surface area contributed by atoms with Gasteiger partial charge in [0.1, 0.15) is 11.4 Å². The molecule has 6 heteroatoms. The Kier molecular flexibility index (Phi) is 3.78. The minimum atomic E-state index is 0.484. The molecule has 0 atom stereocenters. The Labute approximate surface area is 145 Å². The lowest BCUT2D eigenvalue weighted by Gasteiger charge is -2.08. The van der Waals surface area contributed by atoms with Gasteiger partial charge in [-0.15, -0.1) is 15.0 Å². The largest absolute Gasteiger partial charge is 0.262 e. The molecule has 0 spiro atoms. The van der Waals surface area contributed by atoms with E-state index < -0.39 is 0 Å². The molecular formula is C19H16N6. The number of aryl methyl sites for hydroxylation is 2. The number of nitrogens with zero attached hydrogens (tertiary/aromatic N) is 6. The van der Waals surface area contributed by atoms with E-state index in [2.05, 4.69) is 57.4 Å². The van der Waals surface area contributed by atoms with Crippen molar-refractivity contribution in [2.24, 2.45) is 0 Å². The van der Waals surface area contributed by atoms with Gasteiger partial charge in [0.05, 0.1) is 6.20 Å². The van der Waals surface area contributed by atoms with Crippen molar-refractivity contribution in [3.63, 3.8) is 0 Å².